The van der Waals surface area contributed by atoms with Crippen LogP contribution in [-0.2, 0) is 11.0 Å². The van der Waals surface area contributed by atoms with E-state index in [1.807, 2.05) is 4.90 Å². The lowest BCUT2D eigenvalue weighted by Gasteiger charge is -2.32. The fourth-order valence-electron chi connectivity index (χ4n) is 3.17. The zero-order valence-electron chi connectivity index (χ0n) is 14.6. The molecule has 0 saturated carbocycles. The van der Waals surface area contributed by atoms with E-state index in [9.17, 15) is 18.0 Å². The second-order valence-electron chi connectivity index (χ2n) is 6.57. The van der Waals surface area contributed by atoms with Crippen LogP contribution >= 0.6 is 0 Å². The molecule has 0 aliphatic carbocycles. The number of piperidine rings is 1. The number of alkyl halides is 3. The highest BCUT2D eigenvalue weighted by atomic mass is 19.4. The molecule has 0 spiro atoms. The van der Waals surface area contributed by atoms with E-state index >= 15 is 0 Å². The van der Waals surface area contributed by atoms with Gasteiger partial charge in [-0.1, -0.05) is 13.3 Å². The summed E-state index contributed by atoms with van der Waals surface area (Å²) in [4.78, 5) is 14.1. The van der Waals surface area contributed by atoms with Crippen LogP contribution in [0.1, 0.15) is 38.2 Å². The highest BCUT2D eigenvalue weighted by Crippen LogP contribution is 2.30. The number of halogens is 3. The third-order valence-corrected chi connectivity index (χ3v) is 4.62. The fourth-order valence-corrected chi connectivity index (χ4v) is 3.17. The van der Waals surface area contributed by atoms with E-state index < -0.39 is 11.7 Å². The maximum atomic E-state index is 13.0. The lowest BCUT2D eigenvalue weighted by Crippen LogP contribution is -2.44. The second kappa shape index (κ2) is 7.51. The van der Waals surface area contributed by atoms with Crippen LogP contribution in [0.5, 0.6) is 0 Å². The molecule has 1 atom stereocenters. The summed E-state index contributed by atoms with van der Waals surface area (Å²) in [6.45, 7) is 3.76. The molecule has 1 aliphatic rings. The highest BCUT2D eigenvalue weighted by molar-refractivity contribution is 5.79. The van der Waals surface area contributed by atoms with Crippen molar-refractivity contribution in [2.24, 2.45) is 5.92 Å². The largest absolute Gasteiger partial charge is 0.417 e. The van der Waals surface area contributed by atoms with Crippen LogP contribution in [0, 0.1) is 5.92 Å². The number of hydrogen-bond donors (Lipinski definition) is 1. The first-order chi connectivity index (χ1) is 12.4. The predicted octanol–water partition coefficient (Wildman–Crippen LogP) is 2.88. The van der Waals surface area contributed by atoms with Gasteiger partial charge in [-0.3, -0.25) is 9.20 Å². The zero-order chi connectivity index (χ0) is 18.7. The number of hydrogen-bond acceptors (Lipinski definition) is 4. The lowest BCUT2D eigenvalue weighted by molar-refractivity contribution is -0.137. The van der Waals surface area contributed by atoms with Crippen molar-refractivity contribution in [2.45, 2.75) is 38.8 Å². The van der Waals surface area contributed by atoms with Crippen LogP contribution in [0.15, 0.2) is 18.3 Å². The predicted molar refractivity (Wildman–Crippen MR) is 90.8 cm³/mol. The number of rotatable bonds is 5. The first-order valence-corrected chi connectivity index (χ1v) is 8.84. The molecule has 1 aliphatic heterocycles. The molecule has 3 rings (SSSR count). The van der Waals surface area contributed by atoms with Gasteiger partial charge in [-0.05, 0) is 31.4 Å². The number of nitrogens with zero attached hydrogens (tertiary/aromatic N) is 4. The minimum atomic E-state index is -4.43. The molecule has 2 aromatic rings. The van der Waals surface area contributed by atoms with Crippen molar-refractivity contribution in [3.05, 3.63) is 23.9 Å². The van der Waals surface area contributed by atoms with Gasteiger partial charge >= 0.3 is 6.18 Å². The number of anilines is 1. The monoisotopic (exact) mass is 369 g/mol. The Balaban J connectivity index is 1.79. The van der Waals surface area contributed by atoms with Gasteiger partial charge in [0.05, 0.1) is 11.5 Å². The smallest absolute Gasteiger partial charge is 0.356 e. The summed E-state index contributed by atoms with van der Waals surface area (Å²) in [5.74, 6) is 0.142. The molecule has 9 heteroatoms. The first-order valence-electron chi connectivity index (χ1n) is 8.84. The number of nitrogens with one attached hydrogen (secondary N) is 1. The number of carbonyl (C=O) groups excluding carboxylic acids is 1. The van der Waals surface area contributed by atoms with Crippen LogP contribution in [-0.4, -0.2) is 40.1 Å². The third kappa shape index (κ3) is 3.91. The first kappa shape index (κ1) is 18.5. The van der Waals surface area contributed by atoms with Crippen LogP contribution < -0.4 is 10.2 Å². The van der Waals surface area contributed by atoms with Gasteiger partial charge in [0.25, 0.3) is 0 Å². The van der Waals surface area contributed by atoms with Crippen LogP contribution in [0.25, 0.3) is 5.65 Å². The number of carbonyl (C=O) groups is 1. The van der Waals surface area contributed by atoms with Crippen LogP contribution in [0.4, 0.5) is 19.1 Å². The summed E-state index contributed by atoms with van der Waals surface area (Å²) in [5, 5.41) is 10.9. The van der Waals surface area contributed by atoms with Crippen molar-refractivity contribution in [3.8, 4) is 0 Å². The Bertz CT molecular complexity index is 773. The minimum Gasteiger partial charge on any atom is -0.356 e. The number of aromatic nitrogens is 3. The van der Waals surface area contributed by atoms with Crippen molar-refractivity contribution in [1.82, 2.24) is 19.9 Å². The molecule has 1 amide bonds. The number of fused-ring (bicyclic) bond motifs is 1. The maximum absolute atomic E-state index is 13.0. The molecular weight excluding hydrogens is 347 g/mol. The number of pyridine rings is 1. The molecule has 0 radical (unpaired) electrons. The van der Waals surface area contributed by atoms with E-state index in [-0.39, 0.29) is 11.8 Å². The number of amides is 1. The Morgan fingerprint density at radius 2 is 2.15 bits per heavy atom. The molecule has 0 aromatic carbocycles. The summed E-state index contributed by atoms with van der Waals surface area (Å²) in [5.41, 5.74) is -0.403. The molecule has 2 aromatic heterocycles. The molecule has 1 saturated heterocycles. The van der Waals surface area contributed by atoms with Crippen molar-refractivity contribution >= 4 is 17.5 Å². The normalized spacial score (nSPS) is 18.3. The van der Waals surface area contributed by atoms with E-state index in [4.69, 9.17) is 0 Å². The summed E-state index contributed by atoms with van der Waals surface area (Å²) >= 11 is 0. The van der Waals surface area contributed by atoms with Gasteiger partial charge in [-0.15, -0.1) is 10.2 Å². The van der Waals surface area contributed by atoms with Gasteiger partial charge in [0.1, 0.15) is 0 Å². The van der Waals surface area contributed by atoms with Crippen molar-refractivity contribution in [2.75, 3.05) is 24.5 Å². The van der Waals surface area contributed by atoms with E-state index in [2.05, 4.69) is 22.4 Å². The Kier molecular flexibility index (Phi) is 5.33. The zero-order valence-corrected chi connectivity index (χ0v) is 14.6. The highest BCUT2D eigenvalue weighted by Gasteiger charge is 2.32. The Morgan fingerprint density at radius 1 is 1.35 bits per heavy atom. The van der Waals surface area contributed by atoms with Gasteiger partial charge in [0.15, 0.2) is 5.65 Å². The van der Waals surface area contributed by atoms with Gasteiger partial charge in [0.2, 0.25) is 11.9 Å². The SMILES string of the molecule is CCCCNC(=O)C1CCCN(c2nnc3ccc(C(F)(F)F)cn23)C1. The van der Waals surface area contributed by atoms with Gasteiger partial charge in [-0.2, -0.15) is 13.2 Å². The van der Waals surface area contributed by atoms with Crippen molar-refractivity contribution < 1.29 is 18.0 Å². The van der Waals surface area contributed by atoms with Crippen LogP contribution in [0.2, 0.25) is 0 Å². The van der Waals surface area contributed by atoms with Gasteiger partial charge in [0, 0.05) is 25.8 Å². The van der Waals surface area contributed by atoms with Crippen molar-refractivity contribution in [1.29, 1.82) is 0 Å². The minimum absolute atomic E-state index is 0.00653. The fraction of sp³-hybridized carbons (Fsp3) is 0.588. The summed E-state index contributed by atoms with van der Waals surface area (Å²) in [7, 11) is 0. The Morgan fingerprint density at radius 3 is 2.88 bits per heavy atom. The molecule has 0 bridgehead atoms. The standard InChI is InChI=1S/C17H22F3N5O/c1-2-3-8-21-15(26)12-5-4-9-24(10-12)16-23-22-14-7-6-13(11-25(14)16)17(18,19)20/h6-7,11-12H,2-5,8-10H2,1H3,(H,21,26). The summed E-state index contributed by atoms with van der Waals surface area (Å²) < 4.78 is 40.3. The van der Waals surface area contributed by atoms with Gasteiger partial charge in [-0.25, -0.2) is 0 Å². The molecule has 1 fully saturated rings. The second-order valence-corrected chi connectivity index (χ2v) is 6.57. The van der Waals surface area contributed by atoms with E-state index in [1.165, 1.54) is 10.5 Å². The molecule has 6 nitrogen and oxygen atoms in total. The molecule has 1 N–H and O–H groups in total. The Hall–Kier alpha value is -2.32. The van der Waals surface area contributed by atoms with E-state index in [0.29, 0.717) is 31.2 Å². The number of unbranched alkanes of at least 4 members (excludes halogenated alkanes) is 1. The topological polar surface area (TPSA) is 62.5 Å². The molecule has 26 heavy (non-hydrogen) atoms. The average Bonchev–Trinajstić information content (AvgIpc) is 3.04. The summed E-state index contributed by atoms with van der Waals surface area (Å²) in [6.07, 6.45) is 0.0508. The van der Waals surface area contributed by atoms with Gasteiger partial charge < -0.3 is 10.2 Å². The molecule has 1 unspecified atom stereocenters. The molecular formula is C17H22F3N5O. The van der Waals surface area contributed by atoms with Crippen molar-refractivity contribution in [3.63, 3.8) is 0 Å². The average molecular weight is 369 g/mol. The summed E-state index contributed by atoms with van der Waals surface area (Å²) in [6, 6.07) is 2.30. The lowest BCUT2D eigenvalue weighted by atomic mass is 9.97. The Labute approximate surface area is 149 Å². The van der Waals surface area contributed by atoms with E-state index in [0.717, 1.165) is 37.9 Å². The molecule has 3 heterocycles. The quantitative estimate of drug-likeness (QED) is 0.824. The van der Waals surface area contributed by atoms with E-state index in [1.54, 1.807) is 0 Å². The molecule has 142 valence electrons. The van der Waals surface area contributed by atoms with Crippen LogP contribution in [0.3, 0.4) is 0 Å². The third-order valence-electron chi connectivity index (χ3n) is 4.62. The maximum Gasteiger partial charge on any atom is 0.417 e.